The standard InChI is InChI=1S/C13H12O2.C6H11NO3S.C2H6/c1-15-13-5-4-11-8-10(6-7-14)2-3-12(11)9-13;1-4(8)7-5(3-11-2)6(9)10;1-2/h2-5,7-9H,6H2,1H3;5H,3H2,1-2H3,(H,7,8)(H,9,10);1-2H3. The number of hydrogen-bond donors (Lipinski definition) is 2. The first-order valence-corrected chi connectivity index (χ1v) is 10.3. The van der Waals surface area contributed by atoms with Crippen LogP contribution in [-0.4, -0.2) is 48.4 Å². The van der Waals surface area contributed by atoms with Gasteiger partial charge >= 0.3 is 5.97 Å². The highest BCUT2D eigenvalue weighted by Crippen LogP contribution is 2.21. The molecule has 2 aromatic carbocycles. The molecule has 28 heavy (non-hydrogen) atoms. The number of carboxylic acids is 1. The van der Waals surface area contributed by atoms with E-state index in [0.29, 0.717) is 12.2 Å². The van der Waals surface area contributed by atoms with Gasteiger partial charge in [0.25, 0.3) is 0 Å². The van der Waals surface area contributed by atoms with E-state index >= 15 is 0 Å². The largest absolute Gasteiger partial charge is 0.497 e. The van der Waals surface area contributed by atoms with Crippen LogP contribution in [0.5, 0.6) is 5.75 Å². The van der Waals surface area contributed by atoms with Gasteiger partial charge in [0.1, 0.15) is 18.1 Å². The van der Waals surface area contributed by atoms with Crippen molar-refractivity contribution in [3.63, 3.8) is 0 Å². The first-order chi connectivity index (χ1) is 13.4. The van der Waals surface area contributed by atoms with Crippen LogP contribution in [0, 0.1) is 0 Å². The van der Waals surface area contributed by atoms with Gasteiger partial charge in [0, 0.05) is 19.1 Å². The maximum atomic E-state index is 10.4. The number of aliphatic carboxylic acids is 1. The Hall–Kier alpha value is -2.54. The average molecular weight is 408 g/mol. The number of hydrogen-bond acceptors (Lipinski definition) is 5. The van der Waals surface area contributed by atoms with Crippen LogP contribution < -0.4 is 10.1 Å². The second-order valence-electron chi connectivity index (χ2n) is 5.46. The van der Waals surface area contributed by atoms with E-state index in [1.807, 2.05) is 50.2 Å². The Morgan fingerprint density at radius 1 is 1.18 bits per heavy atom. The van der Waals surface area contributed by atoms with Crippen LogP contribution in [0.25, 0.3) is 10.8 Å². The van der Waals surface area contributed by atoms with Gasteiger partial charge < -0.3 is 20.0 Å². The van der Waals surface area contributed by atoms with Crippen molar-refractivity contribution < 1.29 is 24.2 Å². The van der Waals surface area contributed by atoms with Gasteiger partial charge in [-0.2, -0.15) is 11.8 Å². The molecule has 0 saturated heterocycles. The molecule has 0 aliphatic heterocycles. The smallest absolute Gasteiger partial charge is 0.327 e. The van der Waals surface area contributed by atoms with Crippen molar-refractivity contribution in [3.8, 4) is 5.75 Å². The predicted molar refractivity (Wildman–Crippen MR) is 115 cm³/mol. The molecule has 0 spiro atoms. The Morgan fingerprint density at radius 3 is 2.29 bits per heavy atom. The molecular formula is C21H29NO5S. The third kappa shape index (κ3) is 9.41. The van der Waals surface area contributed by atoms with Crippen molar-refractivity contribution in [3.05, 3.63) is 42.0 Å². The Bertz CT molecular complexity index is 764. The van der Waals surface area contributed by atoms with E-state index in [1.165, 1.54) is 18.7 Å². The van der Waals surface area contributed by atoms with Gasteiger partial charge in [-0.15, -0.1) is 0 Å². The Morgan fingerprint density at radius 2 is 1.79 bits per heavy atom. The molecule has 2 rings (SSSR count). The van der Waals surface area contributed by atoms with Crippen LogP contribution in [0.3, 0.4) is 0 Å². The third-order valence-electron chi connectivity index (χ3n) is 3.44. The lowest BCUT2D eigenvalue weighted by Crippen LogP contribution is -2.41. The number of nitrogens with one attached hydrogen (secondary N) is 1. The molecule has 0 radical (unpaired) electrons. The van der Waals surface area contributed by atoms with E-state index < -0.39 is 12.0 Å². The highest BCUT2D eigenvalue weighted by Gasteiger charge is 2.16. The van der Waals surface area contributed by atoms with E-state index in [2.05, 4.69) is 5.32 Å². The van der Waals surface area contributed by atoms with Gasteiger partial charge in [0.15, 0.2) is 0 Å². The summed E-state index contributed by atoms with van der Waals surface area (Å²) in [6.45, 7) is 5.30. The molecule has 0 saturated carbocycles. The summed E-state index contributed by atoms with van der Waals surface area (Å²) in [6, 6.07) is 11.2. The first kappa shape index (κ1) is 25.5. The van der Waals surface area contributed by atoms with E-state index in [-0.39, 0.29) is 5.91 Å². The van der Waals surface area contributed by atoms with Crippen molar-refractivity contribution in [1.29, 1.82) is 0 Å². The molecule has 6 nitrogen and oxygen atoms in total. The molecule has 1 unspecified atom stereocenters. The molecule has 0 heterocycles. The Kier molecular flexibility index (Phi) is 13.2. The maximum Gasteiger partial charge on any atom is 0.327 e. The van der Waals surface area contributed by atoms with E-state index in [1.54, 1.807) is 13.4 Å². The lowest BCUT2D eigenvalue weighted by Gasteiger charge is -2.10. The second kappa shape index (κ2) is 14.5. The number of methoxy groups -OCH3 is 1. The van der Waals surface area contributed by atoms with Gasteiger partial charge in [0.2, 0.25) is 5.91 Å². The van der Waals surface area contributed by atoms with Crippen LogP contribution in [0.2, 0.25) is 0 Å². The molecule has 0 fully saturated rings. The monoisotopic (exact) mass is 407 g/mol. The quantitative estimate of drug-likeness (QED) is 0.682. The SMILES string of the molecule is CC.COc1ccc2cc(CC=O)ccc2c1.CSCC(NC(C)=O)C(=O)O. The molecule has 154 valence electrons. The number of amides is 1. The van der Waals surface area contributed by atoms with E-state index in [9.17, 15) is 14.4 Å². The summed E-state index contributed by atoms with van der Waals surface area (Å²) in [6.07, 6.45) is 3.18. The minimum Gasteiger partial charge on any atom is -0.497 e. The average Bonchev–Trinajstić information content (AvgIpc) is 2.69. The van der Waals surface area contributed by atoms with Crippen LogP contribution in [0.4, 0.5) is 0 Å². The highest BCUT2D eigenvalue weighted by molar-refractivity contribution is 7.98. The molecule has 0 bridgehead atoms. The minimum atomic E-state index is -0.991. The number of carbonyl (C=O) groups excluding carboxylic acids is 2. The van der Waals surface area contributed by atoms with Crippen molar-refractivity contribution in [2.75, 3.05) is 19.1 Å². The van der Waals surface area contributed by atoms with Crippen molar-refractivity contribution in [2.24, 2.45) is 0 Å². The number of aldehydes is 1. The van der Waals surface area contributed by atoms with Crippen LogP contribution in [0.1, 0.15) is 26.3 Å². The summed E-state index contributed by atoms with van der Waals surface area (Å²) >= 11 is 1.38. The fourth-order valence-electron chi connectivity index (χ4n) is 2.21. The molecular weight excluding hydrogens is 378 g/mol. The molecule has 1 amide bonds. The first-order valence-electron chi connectivity index (χ1n) is 8.90. The summed E-state index contributed by atoms with van der Waals surface area (Å²) in [7, 11) is 1.65. The number of ether oxygens (including phenoxy) is 1. The zero-order chi connectivity index (χ0) is 21.5. The highest BCUT2D eigenvalue weighted by atomic mass is 32.2. The topological polar surface area (TPSA) is 92.7 Å². The summed E-state index contributed by atoms with van der Waals surface area (Å²) in [4.78, 5) is 31.2. The summed E-state index contributed by atoms with van der Waals surface area (Å²) < 4.78 is 5.14. The van der Waals surface area contributed by atoms with Gasteiger partial charge in [0.05, 0.1) is 7.11 Å². The number of thioether (sulfide) groups is 1. The molecule has 1 atom stereocenters. The Labute approximate surface area is 170 Å². The van der Waals surface area contributed by atoms with E-state index in [0.717, 1.165) is 28.4 Å². The zero-order valence-corrected chi connectivity index (χ0v) is 17.8. The fraction of sp³-hybridized carbons (Fsp3) is 0.381. The second-order valence-corrected chi connectivity index (χ2v) is 6.38. The lowest BCUT2D eigenvalue weighted by atomic mass is 10.1. The van der Waals surface area contributed by atoms with E-state index in [4.69, 9.17) is 9.84 Å². The third-order valence-corrected chi connectivity index (χ3v) is 4.11. The van der Waals surface area contributed by atoms with Crippen LogP contribution in [-0.2, 0) is 20.8 Å². The normalized spacial score (nSPS) is 10.5. The van der Waals surface area contributed by atoms with Crippen LogP contribution >= 0.6 is 11.8 Å². The molecule has 7 heteroatoms. The molecule has 2 N–H and O–H groups in total. The Balaban J connectivity index is 0.000000502. The predicted octanol–water partition coefficient (Wildman–Crippen LogP) is 3.55. The van der Waals surface area contributed by atoms with Crippen molar-refractivity contribution >= 4 is 40.7 Å². The number of rotatable bonds is 7. The van der Waals surface area contributed by atoms with Gasteiger partial charge in [-0.05, 0) is 34.7 Å². The molecule has 0 aliphatic carbocycles. The van der Waals surface area contributed by atoms with Crippen LogP contribution in [0.15, 0.2) is 36.4 Å². The summed E-state index contributed by atoms with van der Waals surface area (Å²) in [5.74, 6) is -0.0545. The number of benzene rings is 2. The number of fused-ring (bicyclic) bond motifs is 1. The van der Waals surface area contributed by atoms with Gasteiger partial charge in [-0.3, -0.25) is 4.79 Å². The molecule has 0 aromatic heterocycles. The summed E-state index contributed by atoms with van der Waals surface area (Å²) in [5.41, 5.74) is 1.04. The van der Waals surface area contributed by atoms with Crippen molar-refractivity contribution in [1.82, 2.24) is 5.32 Å². The molecule has 2 aromatic rings. The van der Waals surface area contributed by atoms with Crippen molar-refractivity contribution in [2.45, 2.75) is 33.2 Å². The zero-order valence-electron chi connectivity index (χ0n) is 17.0. The summed E-state index contributed by atoms with van der Waals surface area (Å²) in [5, 5.41) is 13.1. The number of carbonyl (C=O) groups is 3. The number of carboxylic acid groups (broad SMARTS) is 1. The minimum absolute atomic E-state index is 0.313. The van der Waals surface area contributed by atoms with Gasteiger partial charge in [-0.25, -0.2) is 4.79 Å². The van der Waals surface area contributed by atoms with Gasteiger partial charge in [-0.1, -0.05) is 38.1 Å². The lowest BCUT2D eigenvalue weighted by molar-refractivity contribution is -0.140. The fourth-order valence-corrected chi connectivity index (χ4v) is 2.77. The maximum absolute atomic E-state index is 10.4. The molecule has 0 aliphatic rings.